The number of carbonyl (C=O) groups is 1. The van der Waals surface area contributed by atoms with Gasteiger partial charge in [0.15, 0.2) is 11.8 Å². The van der Waals surface area contributed by atoms with Gasteiger partial charge in [0.1, 0.15) is 5.82 Å². The second-order valence-corrected chi connectivity index (χ2v) is 6.21. The van der Waals surface area contributed by atoms with Crippen LogP contribution in [-0.4, -0.2) is 76.5 Å². The third kappa shape index (κ3) is 4.02. The Labute approximate surface area is 148 Å². The molecule has 2 aliphatic rings. The Morgan fingerprint density at radius 1 is 1.16 bits per heavy atom. The van der Waals surface area contributed by atoms with Crippen LogP contribution in [0.3, 0.4) is 0 Å². The summed E-state index contributed by atoms with van der Waals surface area (Å²) in [6.45, 7) is 6.58. The predicted octanol–water partition coefficient (Wildman–Crippen LogP) is 0.464. The number of hydrogen-bond acceptors (Lipinski definition) is 5. The number of ether oxygens (including phenoxy) is 1. The van der Waals surface area contributed by atoms with Crippen molar-refractivity contribution in [3.63, 3.8) is 0 Å². The monoisotopic (exact) mass is 349 g/mol. The van der Waals surface area contributed by atoms with E-state index in [1.165, 1.54) is 12.8 Å². The van der Waals surface area contributed by atoms with E-state index in [0.29, 0.717) is 26.2 Å². The van der Waals surface area contributed by atoms with E-state index in [4.69, 9.17) is 4.74 Å². The number of guanidine groups is 1. The smallest absolute Gasteiger partial charge is 0.409 e. The average molecular weight is 349 g/mol. The molecule has 0 aliphatic carbocycles. The Balaban J connectivity index is 1.52. The highest BCUT2D eigenvalue weighted by Crippen LogP contribution is 2.14. The third-order valence-corrected chi connectivity index (χ3v) is 4.66. The summed E-state index contributed by atoms with van der Waals surface area (Å²) >= 11 is 0. The van der Waals surface area contributed by atoms with Crippen molar-refractivity contribution < 1.29 is 9.53 Å². The van der Waals surface area contributed by atoms with Gasteiger partial charge in [-0.15, -0.1) is 10.2 Å². The van der Waals surface area contributed by atoms with Crippen LogP contribution in [0.15, 0.2) is 4.99 Å². The number of aliphatic imine (C=N–C) groups is 1. The molecule has 1 amide bonds. The molecule has 3 rings (SSSR count). The van der Waals surface area contributed by atoms with Gasteiger partial charge in [0.05, 0.1) is 13.2 Å². The predicted molar refractivity (Wildman–Crippen MR) is 93.3 cm³/mol. The van der Waals surface area contributed by atoms with Gasteiger partial charge < -0.3 is 24.4 Å². The van der Waals surface area contributed by atoms with E-state index in [2.05, 4.69) is 30.0 Å². The van der Waals surface area contributed by atoms with E-state index in [9.17, 15) is 4.79 Å². The maximum Gasteiger partial charge on any atom is 0.409 e. The van der Waals surface area contributed by atoms with Gasteiger partial charge in [-0.2, -0.15) is 0 Å². The number of piperazine rings is 1. The van der Waals surface area contributed by atoms with Gasteiger partial charge in [0.2, 0.25) is 0 Å². The van der Waals surface area contributed by atoms with Crippen molar-refractivity contribution >= 4 is 12.1 Å². The summed E-state index contributed by atoms with van der Waals surface area (Å²) in [5.74, 6) is 2.87. The molecule has 25 heavy (non-hydrogen) atoms. The van der Waals surface area contributed by atoms with Crippen LogP contribution >= 0.6 is 0 Å². The lowest BCUT2D eigenvalue weighted by Gasteiger charge is -2.35. The summed E-state index contributed by atoms with van der Waals surface area (Å²) in [6.07, 6.45) is 3.15. The highest BCUT2D eigenvalue weighted by Gasteiger charge is 2.24. The van der Waals surface area contributed by atoms with Crippen LogP contribution < -0.4 is 5.32 Å². The number of aryl methyl sites for hydroxylation is 1. The fourth-order valence-corrected chi connectivity index (χ4v) is 3.31. The molecule has 9 nitrogen and oxygen atoms in total. The zero-order valence-electron chi connectivity index (χ0n) is 15.1. The fourth-order valence-electron chi connectivity index (χ4n) is 3.31. The number of amides is 1. The first kappa shape index (κ1) is 17.5. The molecule has 1 aromatic rings. The third-order valence-electron chi connectivity index (χ3n) is 4.66. The van der Waals surface area contributed by atoms with Crippen molar-refractivity contribution in [2.45, 2.75) is 39.3 Å². The molecular weight excluding hydrogens is 322 g/mol. The molecule has 3 heterocycles. The maximum atomic E-state index is 11.8. The van der Waals surface area contributed by atoms with Gasteiger partial charge in [-0.3, -0.25) is 4.99 Å². The Morgan fingerprint density at radius 3 is 2.64 bits per heavy atom. The Hall–Kier alpha value is -2.32. The van der Waals surface area contributed by atoms with Gasteiger partial charge in [-0.25, -0.2) is 4.79 Å². The van der Waals surface area contributed by atoms with Crippen LogP contribution in [0.5, 0.6) is 0 Å². The molecule has 1 aromatic heterocycles. The molecule has 9 heteroatoms. The van der Waals surface area contributed by atoms with Gasteiger partial charge >= 0.3 is 6.09 Å². The van der Waals surface area contributed by atoms with Crippen LogP contribution in [-0.2, 0) is 24.2 Å². The molecule has 0 saturated carbocycles. The summed E-state index contributed by atoms with van der Waals surface area (Å²) in [7, 11) is 1.78. The van der Waals surface area contributed by atoms with Gasteiger partial charge in [-0.05, 0) is 19.8 Å². The number of nitrogens with one attached hydrogen (secondary N) is 1. The molecule has 2 aliphatic heterocycles. The molecule has 138 valence electrons. The summed E-state index contributed by atoms with van der Waals surface area (Å²) < 4.78 is 7.27. The number of nitrogens with zero attached hydrogens (tertiary/aromatic N) is 6. The van der Waals surface area contributed by atoms with Crippen molar-refractivity contribution in [1.82, 2.24) is 29.9 Å². The van der Waals surface area contributed by atoms with Crippen molar-refractivity contribution in [1.29, 1.82) is 0 Å². The van der Waals surface area contributed by atoms with Crippen LogP contribution in [0.1, 0.15) is 31.4 Å². The van der Waals surface area contributed by atoms with Crippen LogP contribution in [0.2, 0.25) is 0 Å². The van der Waals surface area contributed by atoms with E-state index >= 15 is 0 Å². The van der Waals surface area contributed by atoms with E-state index in [1.807, 2.05) is 6.92 Å². The van der Waals surface area contributed by atoms with Crippen molar-refractivity contribution in [2.24, 2.45) is 4.99 Å². The van der Waals surface area contributed by atoms with Crippen LogP contribution in [0.4, 0.5) is 4.79 Å². The first-order valence-electron chi connectivity index (χ1n) is 9.01. The minimum atomic E-state index is -0.236. The second kappa shape index (κ2) is 8.17. The Kier molecular flexibility index (Phi) is 5.72. The molecule has 0 aromatic carbocycles. The number of aromatic nitrogens is 3. The van der Waals surface area contributed by atoms with E-state index in [0.717, 1.165) is 43.7 Å². The maximum absolute atomic E-state index is 11.8. The largest absolute Gasteiger partial charge is 0.450 e. The zero-order chi connectivity index (χ0) is 17.6. The molecule has 1 N–H and O–H groups in total. The summed E-state index contributed by atoms with van der Waals surface area (Å²) in [5, 5.41) is 12.0. The highest BCUT2D eigenvalue weighted by atomic mass is 16.6. The van der Waals surface area contributed by atoms with Crippen LogP contribution in [0, 0.1) is 0 Å². The SMILES string of the molecule is CCOC(=O)N1CCN(C(=NC)NCc2nnc3n2CCCC3)CC1. The average Bonchev–Trinajstić information content (AvgIpc) is 3.06. The molecule has 0 atom stereocenters. The van der Waals surface area contributed by atoms with E-state index < -0.39 is 0 Å². The lowest BCUT2D eigenvalue weighted by Crippen LogP contribution is -2.53. The lowest BCUT2D eigenvalue weighted by molar-refractivity contribution is 0.0914. The highest BCUT2D eigenvalue weighted by molar-refractivity contribution is 5.80. The number of rotatable bonds is 3. The minimum absolute atomic E-state index is 0.236. The Morgan fingerprint density at radius 2 is 1.92 bits per heavy atom. The number of hydrogen-bond donors (Lipinski definition) is 1. The molecule has 1 saturated heterocycles. The van der Waals surface area contributed by atoms with Crippen LogP contribution in [0.25, 0.3) is 0 Å². The number of carbonyl (C=O) groups excluding carboxylic acids is 1. The van der Waals surface area contributed by atoms with E-state index in [1.54, 1.807) is 11.9 Å². The zero-order valence-corrected chi connectivity index (χ0v) is 15.1. The van der Waals surface area contributed by atoms with E-state index in [-0.39, 0.29) is 6.09 Å². The first-order valence-corrected chi connectivity index (χ1v) is 9.01. The molecule has 0 unspecified atom stereocenters. The second-order valence-electron chi connectivity index (χ2n) is 6.21. The Bertz CT molecular complexity index is 620. The van der Waals surface area contributed by atoms with Gasteiger partial charge in [-0.1, -0.05) is 0 Å². The summed E-state index contributed by atoms with van der Waals surface area (Å²) in [5.41, 5.74) is 0. The van der Waals surface area contributed by atoms with Crippen molar-refractivity contribution in [3.05, 3.63) is 11.6 Å². The van der Waals surface area contributed by atoms with Crippen molar-refractivity contribution in [2.75, 3.05) is 39.8 Å². The molecule has 1 fully saturated rings. The molecular formula is C16H27N7O2. The minimum Gasteiger partial charge on any atom is -0.450 e. The molecule has 0 spiro atoms. The molecule has 0 bridgehead atoms. The normalized spacial score (nSPS) is 18.1. The summed E-state index contributed by atoms with van der Waals surface area (Å²) in [4.78, 5) is 20.0. The molecule has 0 radical (unpaired) electrons. The quantitative estimate of drug-likeness (QED) is 0.630. The lowest BCUT2D eigenvalue weighted by atomic mass is 10.2. The standard InChI is InChI=1S/C16H27N7O2/c1-3-25-16(24)22-10-8-21(9-11-22)15(17-2)18-12-14-20-19-13-6-4-5-7-23(13)14/h3-12H2,1-2H3,(H,17,18). The fraction of sp³-hybridized carbons (Fsp3) is 0.750. The van der Waals surface area contributed by atoms with Gasteiger partial charge in [0, 0.05) is 46.2 Å². The number of fused-ring (bicyclic) bond motifs is 1. The first-order chi connectivity index (χ1) is 12.2. The summed E-state index contributed by atoms with van der Waals surface area (Å²) in [6, 6.07) is 0. The topological polar surface area (TPSA) is 87.9 Å². The van der Waals surface area contributed by atoms with Gasteiger partial charge in [0.25, 0.3) is 0 Å². The van der Waals surface area contributed by atoms with Crippen molar-refractivity contribution in [3.8, 4) is 0 Å².